The number of β-lactam (4-membered cyclic amide) rings is 1. The molecule has 2 amide bonds. The number of halogens is 2. The molecule has 1 aromatic carbocycles. The Morgan fingerprint density at radius 2 is 1.91 bits per heavy atom. The van der Waals surface area contributed by atoms with Crippen molar-refractivity contribution in [3.63, 3.8) is 0 Å². The van der Waals surface area contributed by atoms with Gasteiger partial charge in [-0.1, -0.05) is 43.6 Å². The molecule has 11 nitrogen and oxygen atoms in total. The van der Waals surface area contributed by atoms with Crippen molar-refractivity contribution in [2.45, 2.75) is 24.9 Å². The van der Waals surface area contributed by atoms with E-state index in [0.717, 1.165) is 0 Å². The van der Waals surface area contributed by atoms with Crippen LogP contribution in [0.25, 0.3) is 0 Å². The van der Waals surface area contributed by atoms with Crippen molar-refractivity contribution < 1.29 is 33.6 Å². The number of nitrogens with zero attached hydrogens (tertiary/aromatic N) is 2. The SMILES string of the molecule is CC(=O)OCC1=C(C(=O)OCc2ccc([N+](=O)[O-])cc2)N2C(=O)C(NC(=O)CBr)[C@H]2SC1=CBr. The summed E-state index contributed by atoms with van der Waals surface area (Å²) in [6, 6.07) is 4.60. The number of carbonyl (C=O) groups is 4. The molecule has 2 aliphatic rings. The van der Waals surface area contributed by atoms with Crippen molar-refractivity contribution in [3.05, 3.63) is 61.1 Å². The molecule has 3 rings (SSSR count). The molecule has 0 aliphatic carbocycles. The molecule has 0 aromatic heterocycles. The number of benzene rings is 1. The number of amides is 2. The predicted octanol–water partition coefficient (Wildman–Crippen LogP) is 2.49. The third-order valence-electron chi connectivity index (χ3n) is 4.78. The van der Waals surface area contributed by atoms with Gasteiger partial charge in [0, 0.05) is 29.5 Å². The Kier molecular flexibility index (Phi) is 8.49. The Labute approximate surface area is 214 Å². The summed E-state index contributed by atoms with van der Waals surface area (Å²) in [5.41, 5.74) is 0.549. The predicted molar refractivity (Wildman–Crippen MR) is 128 cm³/mol. The van der Waals surface area contributed by atoms with Crippen LogP contribution in [-0.4, -0.2) is 56.9 Å². The van der Waals surface area contributed by atoms with E-state index in [-0.39, 0.29) is 41.4 Å². The van der Waals surface area contributed by atoms with E-state index < -0.39 is 34.2 Å². The number of nitro benzene ring substituents is 1. The zero-order chi connectivity index (χ0) is 25.0. The molecule has 2 atom stereocenters. The lowest BCUT2D eigenvalue weighted by atomic mass is 10.0. The molecular weight excluding hydrogens is 602 g/mol. The highest BCUT2D eigenvalue weighted by Crippen LogP contribution is 2.47. The Hall–Kier alpha value is -2.71. The lowest BCUT2D eigenvalue weighted by Crippen LogP contribution is -2.70. The van der Waals surface area contributed by atoms with E-state index in [4.69, 9.17) is 9.47 Å². The summed E-state index contributed by atoms with van der Waals surface area (Å²) >= 11 is 7.48. The minimum atomic E-state index is -0.856. The fourth-order valence-corrected chi connectivity index (χ4v) is 5.19. The summed E-state index contributed by atoms with van der Waals surface area (Å²) in [5, 5.41) is 12.8. The van der Waals surface area contributed by atoms with Gasteiger partial charge in [-0.25, -0.2) is 4.79 Å². The fraction of sp³-hybridized carbons (Fsp3) is 0.300. The van der Waals surface area contributed by atoms with Crippen LogP contribution >= 0.6 is 43.6 Å². The molecule has 0 radical (unpaired) electrons. The number of hydrogen-bond acceptors (Lipinski definition) is 9. The maximum atomic E-state index is 13.1. The van der Waals surface area contributed by atoms with Crippen LogP contribution in [0.2, 0.25) is 0 Å². The standard InChI is InChI=1S/C20H17Br2N3O8S/c1-10(26)32-9-13-14(6-21)34-19-16(23-15(27)7-22)18(28)24(19)17(13)20(29)33-8-11-2-4-12(5-3-11)25(30)31/h2-6,16,19H,7-9H2,1H3,(H,23,27)/t16?,19-/m1/s1. The highest BCUT2D eigenvalue weighted by Gasteiger charge is 2.55. The molecule has 1 aromatic rings. The van der Waals surface area contributed by atoms with Gasteiger partial charge in [-0.2, -0.15) is 0 Å². The topological polar surface area (TPSA) is 145 Å². The first kappa shape index (κ1) is 25.9. The normalized spacial score (nSPS) is 20.4. The van der Waals surface area contributed by atoms with E-state index in [2.05, 4.69) is 37.2 Å². The summed E-state index contributed by atoms with van der Waals surface area (Å²) in [6.07, 6.45) is 0. The van der Waals surface area contributed by atoms with Crippen LogP contribution in [0.4, 0.5) is 5.69 Å². The summed E-state index contributed by atoms with van der Waals surface area (Å²) in [6.45, 7) is 0.721. The quantitative estimate of drug-likeness (QED) is 0.153. The molecule has 1 saturated heterocycles. The number of esters is 2. The number of carbonyl (C=O) groups excluding carboxylic acids is 4. The Morgan fingerprint density at radius 1 is 1.24 bits per heavy atom. The largest absolute Gasteiger partial charge is 0.461 e. The minimum absolute atomic E-state index is 0.00693. The van der Waals surface area contributed by atoms with Gasteiger partial charge >= 0.3 is 11.9 Å². The van der Waals surface area contributed by atoms with Gasteiger partial charge in [-0.05, 0) is 22.7 Å². The summed E-state index contributed by atoms with van der Waals surface area (Å²) in [7, 11) is 0. The molecule has 2 heterocycles. The number of fused-ring (bicyclic) bond motifs is 1. The van der Waals surface area contributed by atoms with E-state index in [1.807, 2.05) is 0 Å². The van der Waals surface area contributed by atoms with Crippen molar-refractivity contribution in [2.75, 3.05) is 11.9 Å². The second-order valence-electron chi connectivity index (χ2n) is 6.98. The van der Waals surface area contributed by atoms with Crippen LogP contribution in [0.15, 0.2) is 45.4 Å². The lowest BCUT2D eigenvalue weighted by Gasteiger charge is -2.50. The number of rotatable bonds is 8. The second kappa shape index (κ2) is 11.1. The van der Waals surface area contributed by atoms with E-state index in [1.54, 1.807) is 0 Å². The van der Waals surface area contributed by atoms with E-state index >= 15 is 0 Å². The first-order chi connectivity index (χ1) is 16.2. The summed E-state index contributed by atoms with van der Waals surface area (Å²) in [4.78, 5) is 62.7. The minimum Gasteiger partial charge on any atom is -0.461 e. The van der Waals surface area contributed by atoms with Crippen LogP contribution in [0.3, 0.4) is 0 Å². The summed E-state index contributed by atoms with van der Waals surface area (Å²) in [5.74, 6) is -2.33. The van der Waals surface area contributed by atoms with Gasteiger partial charge in [0.15, 0.2) is 0 Å². The van der Waals surface area contributed by atoms with Crippen molar-refractivity contribution in [1.82, 2.24) is 10.2 Å². The van der Waals surface area contributed by atoms with Gasteiger partial charge in [0.05, 0.1) is 10.3 Å². The first-order valence-corrected chi connectivity index (χ1v) is 12.5. The van der Waals surface area contributed by atoms with Gasteiger partial charge in [-0.15, -0.1) is 0 Å². The molecule has 180 valence electrons. The number of nitro groups is 1. The van der Waals surface area contributed by atoms with Crippen LogP contribution in [-0.2, 0) is 35.3 Å². The first-order valence-electron chi connectivity index (χ1n) is 9.60. The molecule has 0 saturated carbocycles. The fourth-order valence-electron chi connectivity index (χ4n) is 3.19. The zero-order valence-electron chi connectivity index (χ0n) is 17.5. The molecule has 14 heteroatoms. The van der Waals surface area contributed by atoms with Crippen molar-refractivity contribution in [2.24, 2.45) is 0 Å². The lowest BCUT2D eigenvalue weighted by molar-refractivity contribution is -0.384. The second-order valence-corrected chi connectivity index (χ2v) is 9.15. The van der Waals surface area contributed by atoms with E-state index in [1.165, 1.54) is 52.8 Å². The van der Waals surface area contributed by atoms with Crippen LogP contribution in [0.5, 0.6) is 0 Å². The number of nitrogens with one attached hydrogen (secondary N) is 1. The Bertz CT molecular complexity index is 1110. The number of hydrogen-bond donors (Lipinski definition) is 1. The van der Waals surface area contributed by atoms with Crippen LogP contribution in [0, 0.1) is 10.1 Å². The van der Waals surface area contributed by atoms with Gasteiger partial charge in [-0.3, -0.25) is 29.4 Å². The van der Waals surface area contributed by atoms with Crippen molar-refractivity contribution in [3.8, 4) is 0 Å². The third-order valence-corrected chi connectivity index (χ3v) is 7.40. The Balaban J connectivity index is 1.88. The van der Waals surface area contributed by atoms with Gasteiger partial charge < -0.3 is 14.8 Å². The molecule has 1 N–H and O–H groups in total. The monoisotopic (exact) mass is 617 g/mol. The van der Waals surface area contributed by atoms with Crippen LogP contribution < -0.4 is 5.32 Å². The molecule has 1 unspecified atom stereocenters. The number of ether oxygens (including phenoxy) is 2. The zero-order valence-corrected chi connectivity index (χ0v) is 21.5. The maximum Gasteiger partial charge on any atom is 0.355 e. The van der Waals surface area contributed by atoms with E-state index in [9.17, 15) is 29.3 Å². The van der Waals surface area contributed by atoms with Gasteiger partial charge in [0.2, 0.25) is 5.91 Å². The van der Waals surface area contributed by atoms with Gasteiger partial charge in [0.1, 0.15) is 30.3 Å². The Morgan fingerprint density at radius 3 is 2.47 bits per heavy atom. The molecule has 2 aliphatic heterocycles. The van der Waals surface area contributed by atoms with Gasteiger partial charge in [0.25, 0.3) is 11.6 Å². The molecule has 34 heavy (non-hydrogen) atoms. The number of non-ortho nitro benzene ring substituents is 1. The molecule has 0 spiro atoms. The maximum absolute atomic E-state index is 13.1. The average Bonchev–Trinajstić information content (AvgIpc) is 2.83. The highest BCUT2D eigenvalue weighted by molar-refractivity contribution is 9.11. The molecule has 0 bridgehead atoms. The number of thioether (sulfide) groups is 1. The highest BCUT2D eigenvalue weighted by atomic mass is 79.9. The molecule has 1 fully saturated rings. The van der Waals surface area contributed by atoms with Crippen molar-refractivity contribution in [1.29, 1.82) is 0 Å². The van der Waals surface area contributed by atoms with E-state index in [0.29, 0.717) is 10.5 Å². The number of alkyl halides is 1. The van der Waals surface area contributed by atoms with Crippen molar-refractivity contribution >= 4 is 73.1 Å². The third kappa shape index (κ3) is 5.50. The van der Waals surface area contributed by atoms with Crippen LogP contribution in [0.1, 0.15) is 12.5 Å². The average molecular weight is 619 g/mol. The molecular formula is C20H17Br2N3O8S. The summed E-state index contributed by atoms with van der Waals surface area (Å²) < 4.78 is 10.5. The smallest absolute Gasteiger partial charge is 0.355 e.